The Morgan fingerprint density at radius 2 is 2.24 bits per heavy atom. The molecule has 1 saturated heterocycles. The Balaban J connectivity index is 1.66. The van der Waals surface area contributed by atoms with E-state index in [1.165, 1.54) is 37.0 Å². The number of nitrogens with one attached hydrogen (secondary N) is 1. The Morgan fingerprint density at radius 1 is 1.38 bits per heavy atom. The molecule has 0 bridgehead atoms. The first-order valence-electron chi connectivity index (χ1n) is 7.68. The highest BCUT2D eigenvalue weighted by Gasteiger charge is 2.41. The molecule has 2 aromatic heterocycles. The van der Waals surface area contributed by atoms with Gasteiger partial charge in [-0.1, -0.05) is 12.8 Å². The van der Waals surface area contributed by atoms with Gasteiger partial charge >= 0.3 is 0 Å². The molecule has 2 aromatic rings. The summed E-state index contributed by atoms with van der Waals surface area (Å²) in [6.45, 7) is 3.82. The van der Waals surface area contributed by atoms with Crippen molar-refractivity contribution < 1.29 is 0 Å². The minimum absolute atomic E-state index is 0.0907. The molecule has 1 N–H and O–H groups in total. The van der Waals surface area contributed by atoms with Crippen LogP contribution in [0.5, 0.6) is 0 Å². The molecule has 0 amide bonds. The maximum Gasteiger partial charge on any atom is 0.262 e. The van der Waals surface area contributed by atoms with E-state index in [1.807, 2.05) is 11.6 Å². The average Bonchev–Trinajstić information content (AvgIpc) is 3.14. The van der Waals surface area contributed by atoms with Crippen LogP contribution in [-0.2, 0) is 6.54 Å². The van der Waals surface area contributed by atoms with Crippen molar-refractivity contribution in [2.75, 3.05) is 19.6 Å². The Hall–Kier alpha value is -1.24. The minimum atomic E-state index is 0.0907. The summed E-state index contributed by atoms with van der Waals surface area (Å²) >= 11 is 1.50. The quantitative estimate of drug-likeness (QED) is 0.913. The van der Waals surface area contributed by atoms with Gasteiger partial charge < -0.3 is 5.32 Å². The SMILES string of the molecule is O=c1c(CN2CCNCC23CCCC3)cnc2sccn12. The van der Waals surface area contributed by atoms with E-state index in [0.717, 1.165) is 36.7 Å². The topological polar surface area (TPSA) is 49.6 Å². The molecule has 0 atom stereocenters. The second-order valence-corrected chi connectivity index (χ2v) is 7.05. The predicted molar refractivity (Wildman–Crippen MR) is 83.8 cm³/mol. The zero-order chi connectivity index (χ0) is 14.3. The lowest BCUT2D eigenvalue weighted by molar-refractivity contribution is 0.0567. The standard InChI is InChI=1S/C15H20N4OS/c20-13-12(9-17-14-19(13)7-8-21-14)10-18-6-5-16-11-15(18)3-1-2-4-15/h7-9,16H,1-6,10-11H2. The highest BCUT2D eigenvalue weighted by Crippen LogP contribution is 2.36. The van der Waals surface area contributed by atoms with Crippen molar-refractivity contribution in [1.82, 2.24) is 19.6 Å². The number of hydrogen-bond acceptors (Lipinski definition) is 5. The molecule has 3 heterocycles. The summed E-state index contributed by atoms with van der Waals surface area (Å²) in [5.74, 6) is 0. The summed E-state index contributed by atoms with van der Waals surface area (Å²) < 4.78 is 1.67. The lowest BCUT2D eigenvalue weighted by Crippen LogP contribution is -2.59. The summed E-state index contributed by atoms with van der Waals surface area (Å²) in [6, 6.07) is 0. The van der Waals surface area contributed by atoms with Gasteiger partial charge in [-0.15, -0.1) is 11.3 Å². The smallest absolute Gasteiger partial charge is 0.262 e. The molecule has 1 saturated carbocycles. The number of piperazine rings is 1. The van der Waals surface area contributed by atoms with Gasteiger partial charge in [0.2, 0.25) is 0 Å². The fourth-order valence-corrected chi connectivity index (χ4v) is 4.51. The number of hydrogen-bond donors (Lipinski definition) is 1. The van der Waals surface area contributed by atoms with Gasteiger partial charge in [-0.25, -0.2) is 4.98 Å². The van der Waals surface area contributed by atoms with E-state index in [0.29, 0.717) is 0 Å². The molecule has 1 spiro atoms. The number of fused-ring (bicyclic) bond motifs is 1. The van der Waals surface area contributed by atoms with E-state index >= 15 is 0 Å². The molecular weight excluding hydrogens is 284 g/mol. The van der Waals surface area contributed by atoms with Crippen LogP contribution in [-0.4, -0.2) is 39.5 Å². The van der Waals surface area contributed by atoms with E-state index in [2.05, 4.69) is 15.2 Å². The molecule has 6 heteroatoms. The van der Waals surface area contributed by atoms with E-state index in [9.17, 15) is 4.79 Å². The summed E-state index contributed by atoms with van der Waals surface area (Å²) in [6.07, 6.45) is 8.70. The first-order chi connectivity index (χ1) is 10.3. The van der Waals surface area contributed by atoms with Crippen LogP contribution in [0.3, 0.4) is 0 Å². The molecule has 1 aliphatic heterocycles. The first-order valence-corrected chi connectivity index (χ1v) is 8.56. The van der Waals surface area contributed by atoms with Crippen molar-refractivity contribution in [3.63, 3.8) is 0 Å². The minimum Gasteiger partial charge on any atom is -0.314 e. The molecule has 0 radical (unpaired) electrons. The van der Waals surface area contributed by atoms with E-state index < -0.39 is 0 Å². The number of rotatable bonds is 2. The summed E-state index contributed by atoms with van der Waals surface area (Å²) in [7, 11) is 0. The van der Waals surface area contributed by atoms with Crippen LogP contribution in [0.25, 0.3) is 4.96 Å². The molecule has 1 aliphatic carbocycles. The van der Waals surface area contributed by atoms with Gasteiger partial charge in [0, 0.05) is 49.5 Å². The molecule has 0 unspecified atom stereocenters. The van der Waals surface area contributed by atoms with Crippen LogP contribution in [0, 0.1) is 0 Å². The monoisotopic (exact) mass is 304 g/mol. The van der Waals surface area contributed by atoms with Gasteiger partial charge in [-0.2, -0.15) is 0 Å². The second-order valence-electron chi connectivity index (χ2n) is 6.17. The second kappa shape index (κ2) is 5.19. The largest absolute Gasteiger partial charge is 0.314 e. The number of thiazole rings is 1. The van der Waals surface area contributed by atoms with E-state index in [-0.39, 0.29) is 11.1 Å². The fourth-order valence-electron chi connectivity index (χ4n) is 3.83. The van der Waals surface area contributed by atoms with Crippen molar-refractivity contribution in [3.8, 4) is 0 Å². The van der Waals surface area contributed by atoms with Crippen LogP contribution in [0.4, 0.5) is 0 Å². The van der Waals surface area contributed by atoms with Crippen molar-refractivity contribution in [2.24, 2.45) is 0 Å². The molecule has 4 rings (SSSR count). The Kier molecular flexibility index (Phi) is 3.32. The Labute approximate surface area is 127 Å². The van der Waals surface area contributed by atoms with Gasteiger partial charge in [0.1, 0.15) is 0 Å². The van der Waals surface area contributed by atoms with Crippen molar-refractivity contribution in [1.29, 1.82) is 0 Å². The maximum atomic E-state index is 12.6. The van der Waals surface area contributed by atoms with Gasteiger partial charge in [0.15, 0.2) is 4.96 Å². The summed E-state index contributed by atoms with van der Waals surface area (Å²) in [5.41, 5.74) is 1.17. The van der Waals surface area contributed by atoms with Gasteiger partial charge in [0.05, 0.1) is 5.56 Å². The van der Waals surface area contributed by atoms with Crippen LogP contribution in [0.15, 0.2) is 22.6 Å². The van der Waals surface area contributed by atoms with Gasteiger partial charge in [-0.05, 0) is 12.8 Å². The highest BCUT2D eigenvalue weighted by molar-refractivity contribution is 7.15. The molecular formula is C15H20N4OS. The predicted octanol–water partition coefficient (Wildman–Crippen LogP) is 1.47. The first kappa shape index (κ1) is 13.4. The fraction of sp³-hybridized carbons (Fsp3) is 0.600. The third-order valence-corrected chi connectivity index (χ3v) is 5.76. The molecule has 2 fully saturated rings. The Bertz CT molecular complexity index is 701. The lowest BCUT2D eigenvalue weighted by Gasteiger charge is -2.45. The average molecular weight is 304 g/mol. The molecule has 21 heavy (non-hydrogen) atoms. The third-order valence-electron chi connectivity index (χ3n) is 4.99. The highest BCUT2D eigenvalue weighted by atomic mass is 32.1. The van der Waals surface area contributed by atoms with E-state index in [1.54, 1.807) is 10.6 Å². The summed E-state index contributed by atoms with van der Waals surface area (Å²) in [5, 5.41) is 5.45. The molecule has 112 valence electrons. The molecule has 2 aliphatic rings. The molecule has 5 nitrogen and oxygen atoms in total. The number of aromatic nitrogens is 2. The van der Waals surface area contributed by atoms with Crippen LogP contribution >= 0.6 is 11.3 Å². The van der Waals surface area contributed by atoms with Crippen molar-refractivity contribution in [2.45, 2.75) is 37.8 Å². The maximum absolute atomic E-state index is 12.6. The van der Waals surface area contributed by atoms with Crippen molar-refractivity contribution >= 4 is 16.3 Å². The zero-order valence-electron chi connectivity index (χ0n) is 12.0. The number of nitrogens with zero attached hydrogens (tertiary/aromatic N) is 3. The summed E-state index contributed by atoms with van der Waals surface area (Å²) in [4.78, 5) is 20.3. The van der Waals surface area contributed by atoms with Gasteiger partial charge in [0.25, 0.3) is 5.56 Å². The lowest BCUT2D eigenvalue weighted by atomic mass is 9.92. The zero-order valence-corrected chi connectivity index (χ0v) is 12.9. The van der Waals surface area contributed by atoms with E-state index in [4.69, 9.17) is 0 Å². The molecule has 0 aromatic carbocycles. The Morgan fingerprint density at radius 3 is 3.10 bits per heavy atom. The van der Waals surface area contributed by atoms with Crippen LogP contribution < -0.4 is 10.9 Å². The van der Waals surface area contributed by atoms with Crippen LogP contribution in [0.1, 0.15) is 31.2 Å². The normalized spacial score (nSPS) is 22.3. The third kappa shape index (κ3) is 2.22. The van der Waals surface area contributed by atoms with Gasteiger partial charge in [-0.3, -0.25) is 14.1 Å². The van der Waals surface area contributed by atoms with Crippen LogP contribution in [0.2, 0.25) is 0 Å². The van der Waals surface area contributed by atoms with Crippen molar-refractivity contribution in [3.05, 3.63) is 33.7 Å².